The first-order valence-electron chi connectivity index (χ1n) is 20.8. The van der Waals surface area contributed by atoms with Gasteiger partial charge < -0.3 is 0 Å². The maximum Gasteiger partial charge on any atom is 0.159 e. The van der Waals surface area contributed by atoms with Gasteiger partial charge in [-0.15, -0.1) is 0 Å². The number of aliphatic imine (C=N–C) groups is 2. The minimum Gasteiger partial charge on any atom is -0.233 e. The van der Waals surface area contributed by atoms with Gasteiger partial charge in [-0.25, -0.2) is 9.98 Å². The van der Waals surface area contributed by atoms with Crippen molar-refractivity contribution in [3.8, 4) is 22.3 Å². The molecule has 0 N–H and O–H groups in total. The SMILES string of the molecule is C=C(/N=C(\N=C(/C)c1cccc2ccccc12)C1=CCCC=C1)c1ccc(C2(c3ccc(-c4cccc(-c5cccc6c5C=CCC6)c4)cc3)CCCCC2)cc1. The number of aryl methyl sites for hydroxylation is 1. The molecule has 280 valence electrons. The van der Waals surface area contributed by atoms with Crippen molar-refractivity contribution in [2.45, 2.75) is 70.1 Å². The average molecular weight is 739 g/mol. The fourth-order valence-corrected chi connectivity index (χ4v) is 9.33. The first-order valence-corrected chi connectivity index (χ1v) is 20.8. The maximum atomic E-state index is 5.18. The summed E-state index contributed by atoms with van der Waals surface area (Å²) in [6.45, 7) is 6.57. The molecule has 0 radical (unpaired) electrons. The molecule has 0 atom stereocenters. The molecule has 0 saturated heterocycles. The van der Waals surface area contributed by atoms with Crippen LogP contribution in [0, 0.1) is 0 Å². The van der Waals surface area contributed by atoms with Crippen LogP contribution in [0.25, 0.3) is 44.8 Å². The van der Waals surface area contributed by atoms with Crippen molar-refractivity contribution in [3.63, 3.8) is 0 Å². The first-order chi connectivity index (χ1) is 28.1. The third kappa shape index (κ3) is 7.45. The summed E-state index contributed by atoms with van der Waals surface area (Å²) in [6, 6.07) is 49.3. The zero-order valence-corrected chi connectivity index (χ0v) is 33.1. The highest BCUT2D eigenvalue weighted by atomic mass is 14.9. The molecule has 0 heterocycles. The molecule has 0 bridgehead atoms. The van der Waals surface area contributed by atoms with Crippen LogP contribution in [0.4, 0.5) is 0 Å². The van der Waals surface area contributed by atoms with E-state index < -0.39 is 0 Å². The van der Waals surface area contributed by atoms with Crippen LogP contribution in [0.2, 0.25) is 0 Å². The molecule has 0 aliphatic heterocycles. The van der Waals surface area contributed by atoms with Crippen molar-refractivity contribution in [3.05, 3.63) is 203 Å². The van der Waals surface area contributed by atoms with Gasteiger partial charge in [0.25, 0.3) is 0 Å². The van der Waals surface area contributed by atoms with Crippen LogP contribution in [-0.4, -0.2) is 11.5 Å². The number of amidine groups is 1. The Balaban J connectivity index is 0.998. The van der Waals surface area contributed by atoms with Crippen molar-refractivity contribution < 1.29 is 0 Å². The zero-order valence-electron chi connectivity index (χ0n) is 33.1. The third-order valence-electron chi connectivity index (χ3n) is 12.4. The van der Waals surface area contributed by atoms with E-state index >= 15 is 0 Å². The topological polar surface area (TPSA) is 24.7 Å². The predicted octanol–water partition coefficient (Wildman–Crippen LogP) is 14.5. The lowest BCUT2D eigenvalue weighted by Crippen LogP contribution is -2.30. The highest BCUT2D eigenvalue weighted by molar-refractivity contribution is 6.17. The largest absolute Gasteiger partial charge is 0.233 e. The lowest BCUT2D eigenvalue weighted by Gasteiger charge is -2.39. The molecule has 0 unspecified atom stereocenters. The van der Waals surface area contributed by atoms with Gasteiger partial charge in [-0.05, 0) is 112 Å². The van der Waals surface area contributed by atoms with Gasteiger partial charge in [0.05, 0.1) is 5.70 Å². The number of allylic oxidation sites excluding steroid dienone is 3. The minimum absolute atomic E-state index is 0.0140. The summed E-state index contributed by atoms with van der Waals surface area (Å²) in [5.41, 5.74) is 15.6. The van der Waals surface area contributed by atoms with Crippen LogP contribution in [0.3, 0.4) is 0 Å². The summed E-state index contributed by atoms with van der Waals surface area (Å²) >= 11 is 0. The Kier molecular flexibility index (Phi) is 10.4. The van der Waals surface area contributed by atoms with Crippen LogP contribution in [-0.2, 0) is 11.8 Å². The van der Waals surface area contributed by atoms with Crippen LogP contribution < -0.4 is 0 Å². The molecule has 57 heavy (non-hydrogen) atoms. The lowest BCUT2D eigenvalue weighted by atomic mass is 9.65. The van der Waals surface area contributed by atoms with Gasteiger partial charge in [-0.3, -0.25) is 0 Å². The second kappa shape index (κ2) is 16.2. The summed E-state index contributed by atoms with van der Waals surface area (Å²) in [7, 11) is 0. The molecular weight excluding hydrogens is 689 g/mol. The fourth-order valence-electron chi connectivity index (χ4n) is 9.33. The monoisotopic (exact) mass is 738 g/mol. The van der Waals surface area contributed by atoms with E-state index in [0.29, 0.717) is 5.84 Å². The van der Waals surface area contributed by atoms with Crippen molar-refractivity contribution >= 4 is 34.1 Å². The lowest BCUT2D eigenvalue weighted by molar-refractivity contribution is 0.346. The number of hydrogen-bond acceptors (Lipinski definition) is 1. The maximum absolute atomic E-state index is 5.18. The Bertz CT molecular complexity index is 2600. The molecule has 0 aromatic heterocycles. The van der Waals surface area contributed by atoms with E-state index in [1.807, 2.05) is 0 Å². The van der Waals surface area contributed by atoms with Crippen LogP contribution in [0.5, 0.6) is 0 Å². The van der Waals surface area contributed by atoms with Crippen molar-refractivity contribution in [1.29, 1.82) is 0 Å². The normalized spacial score (nSPS) is 16.6. The Morgan fingerprint density at radius 3 is 2.14 bits per heavy atom. The van der Waals surface area contributed by atoms with Gasteiger partial charge >= 0.3 is 0 Å². The molecule has 6 aromatic rings. The number of fused-ring (bicyclic) bond motifs is 2. The van der Waals surface area contributed by atoms with E-state index in [1.165, 1.54) is 74.5 Å². The van der Waals surface area contributed by atoms with Crippen LogP contribution in [0.15, 0.2) is 180 Å². The quantitative estimate of drug-likeness (QED) is 0.110. The van der Waals surface area contributed by atoms with E-state index in [4.69, 9.17) is 9.98 Å². The Morgan fingerprint density at radius 1 is 0.614 bits per heavy atom. The van der Waals surface area contributed by atoms with E-state index in [1.54, 1.807) is 0 Å². The van der Waals surface area contributed by atoms with Crippen molar-refractivity contribution in [1.82, 2.24) is 0 Å². The molecule has 0 amide bonds. The number of benzene rings is 6. The summed E-state index contributed by atoms with van der Waals surface area (Å²) in [4.78, 5) is 10.3. The second-order valence-electron chi connectivity index (χ2n) is 15.9. The van der Waals surface area contributed by atoms with Gasteiger partial charge in [-0.1, -0.05) is 184 Å². The fraction of sp³-hybridized carbons (Fsp3) is 0.200. The van der Waals surface area contributed by atoms with Gasteiger partial charge in [0.2, 0.25) is 0 Å². The highest BCUT2D eigenvalue weighted by Gasteiger charge is 2.35. The van der Waals surface area contributed by atoms with Gasteiger partial charge in [0.15, 0.2) is 5.84 Å². The molecule has 3 aliphatic carbocycles. The van der Waals surface area contributed by atoms with Gasteiger partial charge in [0, 0.05) is 22.3 Å². The number of hydrogen-bond donors (Lipinski definition) is 0. The van der Waals surface area contributed by atoms with E-state index in [2.05, 4.69) is 177 Å². The van der Waals surface area contributed by atoms with Crippen LogP contribution in [0.1, 0.15) is 91.7 Å². The van der Waals surface area contributed by atoms with E-state index in [-0.39, 0.29) is 5.41 Å². The molecule has 6 aromatic carbocycles. The molecular formula is C55H50N2. The van der Waals surface area contributed by atoms with Crippen molar-refractivity contribution in [2.75, 3.05) is 0 Å². The molecule has 0 spiro atoms. The summed E-state index contributed by atoms with van der Waals surface area (Å²) in [5, 5.41) is 2.41. The molecule has 1 fully saturated rings. The summed E-state index contributed by atoms with van der Waals surface area (Å²) < 4.78 is 0. The Hall–Kier alpha value is -6.12. The van der Waals surface area contributed by atoms with E-state index in [9.17, 15) is 0 Å². The Morgan fingerprint density at radius 2 is 1.33 bits per heavy atom. The number of nitrogens with zero attached hydrogens (tertiary/aromatic N) is 2. The van der Waals surface area contributed by atoms with Crippen molar-refractivity contribution in [2.24, 2.45) is 9.98 Å². The standard InChI is InChI=1S/C55H50N2/c1-39(56-54(45-18-5-3-6-19-45)57-40(2)50-26-14-20-43-16-7-9-24-51(43)50)41-28-32-48(33-29-41)55(36-11-4-12-37-55)49-34-30-42(31-35-49)46-22-13-23-47(38-46)53-27-15-21-44-17-8-10-25-52(44)53/h5,7,9-10,13-16,18-35,38H,1,3-4,6,8,11-12,17,36-37H2,2H3/b56-54-,57-40+. The van der Waals surface area contributed by atoms with Gasteiger partial charge in [-0.2, -0.15) is 0 Å². The second-order valence-corrected chi connectivity index (χ2v) is 15.9. The third-order valence-corrected chi connectivity index (χ3v) is 12.4. The number of rotatable bonds is 8. The molecule has 2 nitrogen and oxygen atoms in total. The molecule has 2 heteroatoms. The zero-order chi connectivity index (χ0) is 38.6. The molecule has 3 aliphatic rings. The van der Waals surface area contributed by atoms with Gasteiger partial charge in [0.1, 0.15) is 0 Å². The smallest absolute Gasteiger partial charge is 0.159 e. The minimum atomic E-state index is -0.0140. The first kappa shape index (κ1) is 36.5. The molecule has 1 saturated carbocycles. The molecule has 9 rings (SSSR count). The van der Waals surface area contributed by atoms with Crippen LogP contribution >= 0.6 is 0 Å². The predicted molar refractivity (Wildman–Crippen MR) is 244 cm³/mol. The Labute approximate surface area is 338 Å². The summed E-state index contributed by atoms with van der Waals surface area (Å²) in [5.74, 6) is 0.708. The van der Waals surface area contributed by atoms with E-state index in [0.717, 1.165) is 66.6 Å². The summed E-state index contributed by atoms with van der Waals surface area (Å²) in [6.07, 6.45) is 21.6. The highest BCUT2D eigenvalue weighted by Crippen LogP contribution is 2.46. The average Bonchev–Trinajstić information content (AvgIpc) is 3.29.